The molecule has 0 aliphatic rings. The number of methoxy groups -OCH3 is 1. The van der Waals surface area contributed by atoms with Gasteiger partial charge in [-0.3, -0.25) is 4.79 Å². The minimum Gasteiger partial charge on any atom is -0.490 e. The number of carbonyl (C=O) groups excluding carboxylic acids is 2. The van der Waals surface area contributed by atoms with Crippen LogP contribution in [-0.4, -0.2) is 38.8 Å². The number of anilines is 1. The van der Waals surface area contributed by atoms with Crippen LogP contribution in [0.5, 0.6) is 17.2 Å². The number of benzene rings is 2. The van der Waals surface area contributed by atoms with Crippen molar-refractivity contribution in [1.82, 2.24) is 0 Å². The van der Waals surface area contributed by atoms with Gasteiger partial charge in [-0.05, 0) is 57.5 Å². The molecule has 0 aliphatic carbocycles. The summed E-state index contributed by atoms with van der Waals surface area (Å²) in [5, 5.41) is 3.30. The predicted octanol–water partition coefficient (Wildman–Crippen LogP) is 6.72. The van der Waals surface area contributed by atoms with Gasteiger partial charge in [-0.2, -0.15) is 0 Å². The van der Waals surface area contributed by atoms with Crippen molar-refractivity contribution in [2.24, 2.45) is 0 Å². The Kier molecular flexibility index (Phi) is 9.17. The topological polar surface area (TPSA) is 83.1 Å². The largest absolute Gasteiger partial charge is 0.490 e. The number of aryl methyl sites for hydroxylation is 1. The Labute approximate surface area is 217 Å². The van der Waals surface area contributed by atoms with Crippen molar-refractivity contribution in [3.05, 3.63) is 56.9 Å². The van der Waals surface area contributed by atoms with E-state index in [2.05, 4.69) is 21.2 Å². The normalized spacial score (nSPS) is 10.6. The van der Waals surface area contributed by atoms with Crippen LogP contribution >= 0.6 is 27.3 Å². The average Bonchev–Trinajstić information content (AvgIpc) is 3.16. The van der Waals surface area contributed by atoms with Crippen molar-refractivity contribution in [3.8, 4) is 28.4 Å². The summed E-state index contributed by atoms with van der Waals surface area (Å²) in [6.07, 6.45) is 0. The van der Waals surface area contributed by atoms with E-state index in [0.717, 1.165) is 20.5 Å². The molecular formula is C26H28BrNO6S. The van der Waals surface area contributed by atoms with E-state index in [4.69, 9.17) is 18.9 Å². The predicted molar refractivity (Wildman–Crippen MR) is 141 cm³/mol. The molecule has 0 fully saturated rings. The van der Waals surface area contributed by atoms with Crippen molar-refractivity contribution >= 4 is 44.1 Å². The number of hydrogen-bond donors (Lipinski definition) is 1. The molecule has 0 atom stereocenters. The maximum absolute atomic E-state index is 13.3. The Bertz CT molecular complexity index is 1180. The Hall–Kier alpha value is -3.04. The van der Waals surface area contributed by atoms with E-state index in [1.165, 1.54) is 18.4 Å². The minimum atomic E-state index is -0.528. The van der Waals surface area contributed by atoms with Crippen LogP contribution < -0.4 is 19.5 Å². The highest BCUT2D eigenvalue weighted by Gasteiger charge is 2.26. The van der Waals surface area contributed by atoms with Gasteiger partial charge in [0.05, 0.1) is 26.9 Å². The summed E-state index contributed by atoms with van der Waals surface area (Å²) in [5.41, 5.74) is 2.20. The van der Waals surface area contributed by atoms with Gasteiger partial charge in [-0.25, -0.2) is 4.79 Å². The van der Waals surface area contributed by atoms with Crippen LogP contribution in [0.2, 0.25) is 0 Å². The highest BCUT2D eigenvalue weighted by molar-refractivity contribution is 9.10. The Balaban J connectivity index is 2.06. The van der Waals surface area contributed by atoms with Crippen molar-refractivity contribution in [3.63, 3.8) is 0 Å². The standard InChI is InChI=1S/C26H28BrNO6S/c1-6-32-19-13-17(14-20(33-7-2)23(19)34-8-3)24(29)28-25-22(26(30)31-5)21(15(4)35-25)16-9-11-18(27)12-10-16/h9-14H,6-8H2,1-5H3,(H,28,29). The number of ether oxygens (including phenoxy) is 4. The molecule has 186 valence electrons. The Morgan fingerprint density at radius 3 is 2.03 bits per heavy atom. The summed E-state index contributed by atoms with van der Waals surface area (Å²) in [4.78, 5) is 27.0. The molecule has 1 aromatic heterocycles. The average molecular weight is 562 g/mol. The van der Waals surface area contributed by atoms with Crippen LogP contribution in [0, 0.1) is 6.92 Å². The third-order valence-corrected chi connectivity index (χ3v) is 6.55. The summed E-state index contributed by atoms with van der Waals surface area (Å²) in [6, 6.07) is 10.8. The number of carbonyl (C=O) groups is 2. The first kappa shape index (κ1) is 26.6. The monoisotopic (exact) mass is 561 g/mol. The third-order valence-electron chi connectivity index (χ3n) is 5.01. The van der Waals surface area contributed by atoms with Crippen LogP contribution in [-0.2, 0) is 4.74 Å². The van der Waals surface area contributed by atoms with Gasteiger partial charge < -0.3 is 24.3 Å². The van der Waals surface area contributed by atoms with Crippen molar-refractivity contribution < 1.29 is 28.5 Å². The molecule has 3 aromatic rings. The van der Waals surface area contributed by atoms with Crippen molar-refractivity contribution in [2.45, 2.75) is 27.7 Å². The molecule has 0 bridgehead atoms. The molecule has 7 nitrogen and oxygen atoms in total. The number of nitrogens with one attached hydrogen (secondary N) is 1. The lowest BCUT2D eigenvalue weighted by molar-refractivity contribution is 0.0603. The van der Waals surface area contributed by atoms with Crippen LogP contribution in [0.25, 0.3) is 11.1 Å². The molecule has 3 rings (SSSR count). The second kappa shape index (κ2) is 12.1. The number of esters is 1. The number of amides is 1. The van der Waals surface area contributed by atoms with Gasteiger partial charge in [-0.15, -0.1) is 11.3 Å². The highest BCUT2D eigenvalue weighted by Crippen LogP contribution is 2.42. The van der Waals surface area contributed by atoms with Crippen LogP contribution in [0.4, 0.5) is 5.00 Å². The summed E-state index contributed by atoms with van der Waals surface area (Å²) in [5.74, 6) is 0.337. The fourth-order valence-electron chi connectivity index (χ4n) is 3.59. The van der Waals surface area contributed by atoms with Crippen molar-refractivity contribution in [2.75, 3.05) is 32.2 Å². The summed E-state index contributed by atoms with van der Waals surface area (Å²) in [7, 11) is 1.32. The quantitative estimate of drug-likeness (QED) is 0.276. The van der Waals surface area contributed by atoms with Gasteiger partial charge in [0.25, 0.3) is 5.91 Å². The fraction of sp³-hybridized carbons (Fsp3) is 0.308. The van der Waals surface area contributed by atoms with E-state index in [1.807, 2.05) is 52.0 Å². The third kappa shape index (κ3) is 5.97. The minimum absolute atomic E-state index is 0.312. The first-order chi connectivity index (χ1) is 16.8. The molecule has 0 aliphatic heterocycles. The van der Waals surface area contributed by atoms with Crippen LogP contribution in [0.15, 0.2) is 40.9 Å². The lowest BCUT2D eigenvalue weighted by Crippen LogP contribution is -2.15. The lowest BCUT2D eigenvalue weighted by atomic mass is 10.0. The van der Waals surface area contributed by atoms with E-state index < -0.39 is 11.9 Å². The molecule has 0 spiro atoms. The Morgan fingerprint density at radius 1 is 0.943 bits per heavy atom. The molecule has 0 unspecified atom stereocenters. The first-order valence-corrected chi connectivity index (χ1v) is 12.8. The molecule has 1 amide bonds. The molecule has 2 aromatic carbocycles. The molecule has 9 heteroatoms. The lowest BCUT2D eigenvalue weighted by Gasteiger charge is -2.17. The Morgan fingerprint density at radius 2 is 1.51 bits per heavy atom. The summed E-state index contributed by atoms with van der Waals surface area (Å²) >= 11 is 4.75. The number of hydrogen-bond acceptors (Lipinski definition) is 7. The SMILES string of the molecule is CCOc1cc(C(=O)Nc2sc(C)c(-c3ccc(Br)cc3)c2C(=O)OC)cc(OCC)c1OCC. The maximum atomic E-state index is 13.3. The van der Waals surface area contributed by atoms with E-state index in [0.29, 0.717) is 53.2 Å². The number of rotatable bonds is 10. The van der Waals surface area contributed by atoms with Crippen LogP contribution in [0.1, 0.15) is 46.4 Å². The zero-order valence-corrected chi connectivity index (χ0v) is 22.7. The molecule has 1 heterocycles. The van der Waals surface area contributed by atoms with Gasteiger partial charge in [0.2, 0.25) is 5.75 Å². The zero-order chi connectivity index (χ0) is 25.5. The van der Waals surface area contributed by atoms with Gasteiger partial charge in [0.15, 0.2) is 11.5 Å². The van der Waals surface area contributed by atoms with Crippen molar-refractivity contribution in [1.29, 1.82) is 0 Å². The highest BCUT2D eigenvalue weighted by atomic mass is 79.9. The van der Waals surface area contributed by atoms with Gasteiger partial charge in [0.1, 0.15) is 10.6 Å². The van der Waals surface area contributed by atoms with Gasteiger partial charge in [-0.1, -0.05) is 28.1 Å². The van der Waals surface area contributed by atoms with Gasteiger partial charge >= 0.3 is 5.97 Å². The molecule has 35 heavy (non-hydrogen) atoms. The van der Waals surface area contributed by atoms with Crippen LogP contribution in [0.3, 0.4) is 0 Å². The molecule has 0 radical (unpaired) electrons. The smallest absolute Gasteiger partial charge is 0.341 e. The second-order valence-electron chi connectivity index (χ2n) is 7.29. The number of halogens is 1. The molecular weight excluding hydrogens is 534 g/mol. The number of thiophene rings is 1. The summed E-state index contributed by atoms with van der Waals surface area (Å²) in [6.45, 7) is 8.67. The molecule has 0 saturated carbocycles. The van der Waals surface area contributed by atoms with E-state index in [1.54, 1.807) is 12.1 Å². The zero-order valence-electron chi connectivity index (χ0n) is 20.3. The maximum Gasteiger partial charge on any atom is 0.341 e. The second-order valence-corrected chi connectivity index (χ2v) is 9.43. The van der Waals surface area contributed by atoms with Gasteiger partial charge in [0, 0.05) is 20.5 Å². The molecule has 1 N–H and O–H groups in total. The van der Waals surface area contributed by atoms with E-state index in [9.17, 15) is 9.59 Å². The summed E-state index contributed by atoms with van der Waals surface area (Å²) < 4.78 is 23.2. The van der Waals surface area contributed by atoms with E-state index >= 15 is 0 Å². The first-order valence-electron chi connectivity index (χ1n) is 11.2. The fourth-order valence-corrected chi connectivity index (χ4v) is 4.91. The molecule has 0 saturated heterocycles. The van der Waals surface area contributed by atoms with E-state index in [-0.39, 0.29) is 0 Å².